The molecular formula is C22H30BrNO2. The summed E-state index contributed by atoms with van der Waals surface area (Å²) in [5.74, 6) is 0.435. The number of nitrogens with zero attached hydrogens (tertiary/aromatic N) is 1. The van der Waals surface area contributed by atoms with Crippen molar-refractivity contribution >= 4 is 21.7 Å². The molecule has 0 radical (unpaired) electrons. The van der Waals surface area contributed by atoms with Gasteiger partial charge in [0.2, 0.25) is 0 Å². The summed E-state index contributed by atoms with van der Waals surface area (Å²) in [4.78, 5) is 12.8. The minimum atomic E-state index is -0.197. The Bertz CT molecular complexity index is 785. The second kappa shape index (κ2) is 7.22. The molecule has 0 atom stereocenters. The summed E-state index contributed by atoms with van der Waals surface area (Å²) in [6.07, 6.45) is 2.22. The van der Waals surface area contributed by atoms with Crippen LogP contribution in [0.1, 0.15) is 75.5 Å². The highest BCUT2D eigenvalue weighted by molar-refractivity contribution is 9.10. The smallest absolute Gasteiger partial charge is 0.168 e. The molecule has 1 N–H and O–H groups in total. The quantitative estimate of drug-likeness (QED) is 0.617. The third-order valence-corrected chi connectivity index (χ3v) is 5.34. The van der Waals surface area contributed by atoms with Crippen LogP contribution in [0.5, 0.6) is 5.75 Å². The van der Waals surface area contributed by atoms with Crippen molar-refractivity contribution in [2.24, 2.45) is 0 Å². The molecule has 26 heavy (non-hydrogen) atoms. The fourth-order valence-electron chi connectivity index (χ4n) is 3.10. The van der Waals surface area contributed by atoms with E-state index in [1.165, 1.54) is 0 Å². The average molecular weight is 420 g/mol. The number of benzene rings is 1. The Hall–Kier alpha value is -1.55. The summed E-state index contributed by atoms with van der Waals surface area (Å²) >= 11 is 3.49. The first kappa shape index (κ1) is 20.8. The lowest BCUT2D eigenvalue weighted by Gasteiger charge is -2.28. The summed E-state index contributed by atoms with van der Waals surface area (Å²) in [6.45, 7) is 15.4. The first-order valence-corrected chi connectivity index (χ1v) is 9.89. The van der Waals surface area contributed by atoms with E-state index < -0.39 is 0 Å². The molecule has 0 amide bonds. The van der Waals surface area contributed by atoms with E-state index in [9.17, 15) is 9.90 Å². The van der Waals surface area contributed by atoms with Crippen molar-refractivity contribution < 1.29 is 9.90 Å². The second-order valence-corrected chi connectivity index (χ2v) is 9.79. The van der Waals surface area contributed by atoms with E-state index in [1.807, 2.05) is 35.9 Å². The lowest BCUT2D eigenvalue weighted by molar-refractivity contribution is 0.0992. The van der Waals surface area contributed by atoms with Crippen molar-refractivity contribution in [3.8, 4) is 5.75 Å². The number of hydrogen-bond donors (Lipinski definition) is 1. The molecule has 1 aromatic heterocycles. The Morgan fingerprint density at radius 2 is 1.54 bits per heavy atom. The summed E-state index contributed by atoms with van der Waals surface area (Å²) < 4.78 is 2.92. The maximum atomic E-state index is 12.8. The zero-order valence-electron chi connectivity index (χ0n) is 16.9. The van der Waals surface area contributed by atoms with Crippen molar-refractivity contribution in [1.82, 2.24) is 4.57 Å². The molecule has 2 rings (SSSR count). The number of halogens is 1. The molecule has 0 aliphatic rings. The second-order valence-electron chi connectivity index (χ2n) is 8.98. The van der Waals surface area contributed by atoms with Crippen LogP contribution in [0, 0.1) is 0 Å². The first-order chi connectivity index (χ1) is 11.8. The highest BCUT2D eigenvalue weighted by Gasteiger charge is 2.27. The van der Waals surface area contributed by atoms with E-state index in [0.717, 1.165) is 27.8 Å². The van der Waals surface area contributed by atoms with Gasteiger partial charge in [-0.25, -0.2) is 0 Å². The molecule has 2 aromatic rings. The lowest BCUT2D eigenvalue weighted by Crippen LogP contribution is -2.18. The Morgan fingerprint density at radius 3 is 1.92 bits per heavy atom. The topological polar surface area (TPSA) is 42.2 Å². The van der Waals surface area contributed by atoms with Crippen LogP contribution >= 0.6 is 15.9 Å². The Kier molecular flexibility index (Phi) is 5.77. The molecule has 0 saturated carbocycles. The van der Waals surface area contributed by atoms with Crippen molar-refractivity contribution in [3.05, 3.63) is 51.3 Å². The normalized spacial score (nSPS) is 12.5. The van der Waals surface area contributed by atoms with Gasteiger partial charge in [-0.05, 0) is 56.4 Å². The zero-order chi connectivity index (χ0) is 19.9. The number of rotatable bonds is 4. The molecule has 0 fully saturated rings. The van der Waals surface area contributed by atoms with E-state index in [0.29, 0.717) is 17.7 Å². The molecule has 0 saturated heterocycles. The number of carbonyl (C=O) groups excluding carboxylic acids is 1. The number of phenols is 1. The van der Waals surface area contributed by atoms with Crippen LogP contribution in [0.2, 0.25) is 0 Å². The number of aryl methyl sites for hydroxylation is 1. The molecule has 0 unspecified atom stereocenters. The van der Waals surface area contributed by atoms with E-state index in [1.54, 1.807) is 0 Å². The fourth-order valence-corrected chi connectivity index (χ4v) is 3.70. The third-order valence-electron chi connectivity index (χ3n) is 4.66. The Labute approximate surface area is 165 Å². The van der Waals surface area contributed by atoms with E-state index in [2.05, 4.69) is 57.5 Å². The van der Waals surface area contributed by atoms with Crippen molar-refractivity contribution in [3.63, 3.8) is 0 Å². The average Bonchev–Trinajstić information content (AvgIpc) is 2.87. The van der Waals surface area contributed by atoms with Gasteiger partial charge in [-0.3, -0.25) is 4.79 Å². The summed E-state index contributed by atoms with van der Waals surface area (Å²) in [5, 5.41) is 10.8. The lowest BCUT2D eigenvalue weighted by atomic mass is 9.78. The molecule has 1 aromatic carbocycles. The van der Waals surface area contributed by atoms with E-state index in [4.69, 9.17) is 0 Å². The molecule has 1 heterocycles. The molecule has 0 bridgehead atoms. The number of hydrogen-bond acceptors (Lipinski definition) is 2. The largest absolute Gasteiger partial charge is 0.507 e. The predicted molar refractivity (Wildman–Crippen MR) is 111 cm³/mol. The fraction of sp³-hybridized carbons (Fsp3) is 0.500. The standard InChI is InChI=1S/C22H30BrNO2/c1-8-24-13-15(12-19(24)23)18(25)11-14-9-16(21(2,3)4)20(26)17(10-14)22(5,6)7/h9-10,12-13,26H,8,11H2,1-7H3. The van der Waals surface area contributed by atoms with Gasteiger partial charge < -0.3 is 9.67 Å². The third kappa shape index (κ3) is 4.40. The van der Waals surface area contributed by atoms with Crippen LogP contribution < -0.4 is 0 Å². The van der Waals surface area contributed by atoms with Crippen LogP contribution in [0.4, 0.5) is 0 Å². The molecule has 4 heteroatoms. The predicted octanol–water partition coefficient (Wildman–Crippen LogP) is 6.00. The number of Topliss-reactive ketones (excluding diaryl/α,β-unsaturated/α-hetero) is 1. The number of aromatic hydroxyl groups is 1. The minimum Gasteiger partial charge on any atom is -0.507 e. The summed E-state index contributed by atoms with van der Waals surface area (Å²) in [5.41, 5.74) is 3.04. The van der Waals surface area contributed by atoms with Crippen LogP contribution in [0.25, 0.3) is 0 Å². The highest BCUT2D eigenvalue weighted by Crippen LogP contribution is 2.40. The SMILES string of the molecule is CCn1cc(C(=O)Cc2cc(C(C)(C)C)c(O)c(C(C)(C)C)c2)cc1Br. The van der Waals surface area contributed by atoms with Gasteiger partial charge in [0.05, 0.1) is 4.60 Å². The monoisotopic (exact) mass is 419 g/mol. The number of phenolic OH excluding ortho intramolecular Hbond substituents is 1. The van der Waals surface area contributed by atoms with Crippen molar-refractivity contribution in [2.45, 2.75) is 72.3 Å². The minimum absolute atomic E-state index is 0.0864. The van der Waals surface area contributed by atoms with Crippen molar-refractivity contribution in [1.29, 1.82) is 0 Å². The Balaban J connectivity index is 2.47. The zero-order valence-corrected chi connectivity index (χ0v) is 18.5. The maximum absolute atomic E-state index is 12.8. The molecule has 3 nitrogen and oxygen atoms in total. The van der Waals surface area contributed by atoms with Gasteiger partial charge >= 0.3 is 0 Å². The van der Waals surface area contributed by atoms with Gasteiger partial charge in [0.15, 0.2) is 5.78 Å². The first-order valence-electron chi connectivity index (χ1n) is 9.10. The Morgan fingerprint density at radius 1 is 1.04 bits per heavy atom. The number of ketones is 1. The van der Waals surface area contributed by atoms with Gasteiger partial charge in [0, 0.05) is 24.7 Å². The maximum Gasteiger partial charge on any atom is 0.168 e. The number of carbonyl (C=O) groups is 1. The number of aromatic nitrogens is 1. The summed E-state index contributed by atoms with van der Waals surface area (Å²) in [6, 6.07) is 5.84. The van der Waals surface area contributed by atoms with Crippen molar-refractivity contribution in [2.75, 3.05) is 0 Å². The van der Waals surface area contributed by atoms with Gasteiger partial charge in [-0.2, -0.15) is 0 Å². The van der Waals surface area contributed by atoms with Gasteiger partial charge in [-0.15, -0.1) is 0 Å². The van der Waals surface area contributed by atoms with Crippen LogP contribution in [0.15, 0.2) is 29.0 Å². The van der Waals surface area contributed by atoms with Crippen LogP contribution in [-0.2, 0) is 23.8 Å². The molecular weight excluding hydrogens is 390 g/mol. The molecule has 0 aliphatic heterocycles. The van der Waals surface area contributed by atoms with Crippen LogP contribution in [0.3, 0.4) is 0 Å². The summed E-state index contributed by atoms with van der Waals surface area (Å²) in [7, 11) is 0. The van der Waals surface area contributed by atoms with Gasteiger partial charge in [0.25, 0.3) is 0 Å². The van der Waals surface area contributed by atoms with E-state index in [-0.39, 0.29) is 16.6 Å². The molecule has 142 valence electrons. The van der Waals surface area contributed by atoms with Crippen LogP contribution in [-0.4, -0.2) is 15.5 Å². The van der Waals surface area contributed by atoms with Gasteiger partial charge in [-0.1, -0.05) is 53.7 Å². The molecule has 0 aliphatic carbocycles. The molecule has 0 spiro atoms. The van der Waals surface area contributed by atoms with Gasteiger partial charge in [0.1, 0.15) is 5.75 Å². The highest BCUT2D eigenvalue weighted by atomic mass is 79.9. The van der Waals surface area contributed by atoms with E-state index >= 15 is 0 Å².